The monoisotopic (exact) mass is 462 g/mol. The van der Waals surface area contributed by atoms with Crippen LogP contribution in [-0.2, 0) is 0 Å². The van der Waals surface area contributed by atoms with E-state index in [4.69, 9.17) is 15.7 Å². The molecule has 0 radical (unpaired) electrons. The number of hydrogen-bond acceptors (Lipinski definition) is 5. The molecule has 1 aliphatic rings. The first-order valence-corrected chi connectivity index (χ1v) is 12.5. The van der Waals surface area contributed by atoms with Crippen molar-refractivity contribution in [2.45, 2.75) is 38.6 Å². The van der Waals surface area contributed by atoms with Crippen molar-refractivity contribution in [2.24, 2.45) is 0 Å². The zero-order chi connectivity index (χ0) is 23.9. The van der Waals surface area contributed by atoms with E-state index in [0.717, 1.165) is 70.7 Å². The maximum atomic E-state index is 6.40. The highest BCUT2D eigenvalue weighted by Crippen LogP contribution is 2.42. The first-order chi connectivity index (χ1) is 17.2. The lowest BCUT2D eigenvalue weighted by molar-refractivity contribution is 0.117. The minimum absolute atomic E-state index is 0.423. The molecule has 5 aromatic rings. The molecule has 0 unspecified atom stereocenters. The molecule has 0 saturated heterocycles. The average molecular weight is 463 g/mol. The number of aromatic nitrogens is 4. The van der Waals surface area contributed by atoms with Crippen LogP contribution in [0.2, 0.25) is 0 Å². The number of imidazole rings is 1. The van der Waals surface area contributed by atoms with Crippen LogP contribution in [-0.4, -0.2) is 43.4 Å². The molecular weight excluding hydrogens is 432 g/mol. The summed E-state index contributed by atoms with van der Waals surface area (Å²) >= 11 is 0. The summed E-state index contributed by atoms with van der Waals surface area (Å²) in [5.41, 5.74) is 12.2. The molecule has 1 aliphatic carbocycles. The number of hydrogen-bond donors (Lipinski definition) is 1. The van der Waals surface area contributed by atoms with Gasteiger partial charge >= 0.3 is 0 Å². The second kappa shape index (κ2) is 8.78. The van der Waals surface area contributed by atoms with E-state index in [2.05, 4.69) is 70.6 Å². The lowest BCUT2D eigenvalue weighted by Gasteiger charge is -2.41. The van der Waals surface area contributed by atoms with Crippen molar-refractivity contribution >= 4 is 22.2 Å². The van der Waals surface area contributed by atoms with Gasteiger partial charge in [0.05, 0.1) is 11.2 Å². The van der Waals surface area contributed by atoms with E-state index in [1.54, 1.807) is 6.20 Å². The molecule has 3 aromatic heterocycles. The summed E-state index contributed by atoms with van der Waals surface area (Å²) in [6, 6.07) is 21.5. The van der Waals surface area contributed by atoms with Crippen molar-refractivity contribution < 1.29 is 0 Å². The van der Waals surface area contributed by atoms with Gasteiger partial charge in [-0.2, -0.15) is 0 Å². The molecule has 3 heterocycles. The van der Waals surface area contributed by atoms with Crippen LogP contribution in [0.1, 0.15) is 38.4 Å². The predicted octanol–water partition coefficient (Wildman–Crippen LogP) is 5.78. The van der Waals surface area contributed by atoms with Crippen molar-refractivity contribution in [2.75, 3.05) is 18.8 Å². The molecule has 6 nitrogen and oxygen atoms in total. The van der Waals surface area contributed by atoms with Gasteiger partial charge in [-0.1, -0.05) is 62.4 Å². The summed E-state index contributed by atoms with van der Waals surface area (Å²) < 4.78 is 2.15. The number of nitrogen functional groups attached to an aromatic ring is 1. The topological polar surface area (TPSA) is 72.3 Å². The van der Waals surface area contributed by atoms with Crippen LogP contribution in [0.15, 0.2) is 73.1 Å². The van der Waals surface area contributed by atoms with E-state index >= 15 is 0 Å². The number of rotatable bonds is 6. The fraction of sp³-hybridized carbons (Fsp3) is 0.276. The van der Waals surface area contributed by atoms with Gasteiger partial charge in [0.25, 0.3) is 0 Å². The van der Waals surface area contributed by atoms with Gasteiger partial charge < -0.3 is 10.6 Å². The second-order valence-corrected chi connectivity index (χ2v) is 9.36. The fourth-order valence-electron chi connectivity index (χ4n) is 5.45. The zero-order valence-corrected chi connectivity index (χ0v) is 20.2. The predicted molar refractivity (Wildman–Crippen MR) is 142 cm³/mol. The van der Waals surface area contributed by atoms with Gasteiger partial charge in [0.2, 0.25) is 0 Å². The number of benzene rings is 2. The second-order valence-electron chi connectivity index (χ2n) is 9.36. The van der Waals surface area contributed by atoms with E-state index in [0.29, 0.717) is 17.8 Å². The quantitative estimate of drug-likeness (QED) is 0.346. The molecule has 0 amide bonds. The Bertz CT molecular complexity index is 1500. The number of nitrogens with zero attached hydrogens (tertiary/aromatic N) is 5. The Morgan fingerprint density at radius 1 is 0.943 bits per heavy atom. The van der Waals surface area contributed by atoms with Crippen molar-refractivity contribution in [3.8, 4) is 22.5 Å². The van der Waals surface area contributed by atoms with Crippen LogP contribution >= 0.6 is 0 Å². The van der Waals surface area contributed by atoms with Crippen LogP contribution in [0.25, 0.3) is 38.9 Å². The zero-order valence-electron chi connectivity index (χ0n) is 20.2. The van der Waals surface area contributed by atoms with E-state index in [1.165, 1.54) is 0 Å². The van der Waals surface area contributed by atoms with Crippen molar-refractivity contribution in [1.82, 2.24) is 24.3 Å². The third kappa shape index (κ3) is 3.74. The summed E-state index contributed by atoms with van der Waals surface area (Å²) in [7, 11) is 0. The molecule has 0 aliphatic heterocycles. The fourth-order valence-corrected chi connectivity index (χ4v) is 5.45. The van der Waals surface area contributed by atoms with Crippen LogP contribution in [0.5, 0.6) is 0 Å². The highest BCUT2D eigenvalue weighted by molar-refractivity contribution is 5.91. The van der Waals surface area contributed by atoms with Gasteiger partial charge in [-0.3, -0.25) is 4.40 Å². The molecule has 35 heavy (non-hydrogen) atoms. The van der Waals surface area contributed by atoms with Gasteiger partial charge in [-0.15, -0.1) is 0 Å². The van der Waals surface area contributed by atoms with Crippen LogP contribution < -0.4 is 5.73 Å². The number of nitrogens with two attached hydrogens (primary N) is 1. The van der Waals surface area contributed by atoms with Gasteiger partial charge in [0, 0.05) is 40.9 Å². The molecule has 0 bridgehead atoms. The highest BCUT2D eigenvalue weighted by Gasteiger charge is 2.36. The molecule has 1 saturated carbocycles. The Morgan fingerprint density at radius 2 is 1.71 bits per heavy atom. The van der Waals surface area contributed by atoms with Crippen LogP contribution in [0.3, 0.4) is 0 Å². The Labute approximate surface area is 205 Å². The smallest absolute Gasteiger partial charge is 0.150 e. The third-order valence-corrected chi connectivity index (χ3v) is 7.45. The van der Waals surface area contributed by atoms with Crippen molar-refractivity contribution in [3.05, 3.63) is 78.9 Å². The van der Waals surface area contributed by atoms with E-state index in [9.17, 15) is 0 Å². The summed E-state index contributed by atoms with van der Waals surface area (Å²) in [4.78, 5) is 17.1. The Hall–Kier alpha value is -3.77. The first kappa shape index (κ1) is 21.7. The molecule has 0 atom stereocenters. The molecule has 2 aromatic carbocycles. The van der Waals surface area contributed by atoms with Gasteiger partial charge in [-0.05, 0) is 38.1 Å². The Balaban J connectivity index is 1.42. The van der Waals surface area contributed by atoms with Crippen molar-refractivity contribution in [3.63, 3.8) is 0 Å². The van der Waals surface area contributed by atoms with Gasteiger partial charge in [0.1, 0.15) is 22.9 Å². The summed E-state index contributed by atoms with van der Waals surface area (Å²) in [5, 5.41) is 1.10. The molecule has 0 spiro atoms. The summed E-state index contributed by atoms with van der Waals surface area (Å²) in [5.74, 6) is 2.01. The third-order valence-electron chi connectivity index (χ3n) is 7.45. The standard InChI is InChI=1S/C29H30N6/c1-3-34(4-2)23-16-22(17-23)29-33-26(27-28(30)31-14-15-35(27)29)21-11-10-20-12-13-24(32-25(20)18-21)19-8-6-5-7-9-19/h5-15,18,22-23H,3-4,16-17H2,1-2H3,(H2,30,31)/t22-,23+. The lowest BCUT2D eigenvalue weighted by atomic mass is 9.78. The molecule has 6 heteroatoms. The molecular formula is C29H30N6. The van der Waals surface area contributed by atoms with Crippen molar-refractivity contribution in [1.29, 1.82) is 0 Å². The maximum absolute atomic E-state index is 6.40. The molecule has 176 valence electrons. The van der Waals surface area contributed by atoms with Gasteiger partial charge in [-0.25, -0.2) is 15.0 Å². The van der Waals surface area contributed by atoms with E-state index in [-0.39, 0.29) is 0 Å². The Morgan fingerprint density at radius 3 is 2.49 bits per heavy atom. The SMILES string of the molecule is CCN(CC)[C@H]1C[C@@H](c2nc(-c3ccc4ccc(-c5ccccc5)nc4c3)c3c(N)nccn32)C1. The molecule has 1 fully saturated rings. The number of pyridine rings is 1. The van der Waals surface area contributed by atoms with Crippen LogP contribution in [0.4, 0.5) is 5.82 Å². The number of fused-ring (bicyclic) bond motifs is 2. The highest BCUT2D eigenvalue weighted by atomic mass is 15.2. The molecule has 2 N–H and O–H groups in total. The normalized spacial score (nSPS) is 17.8. The van der Waals surface area contributed by atoms with E-state index in [1.807, 2.05) is 24.4 Å². The molecule has 6 rings (SSSR count). The maximum Gasteiger partial charge on any atom is 0.150 e. The lowest BCUT2D eigenvalue weighted by Crippen LogP contribution is -2.44. The minimum atomic E-state index is 0.423. The summed E-state index contributed by atoms with van der Waals surface area (Å²) in [6.07, 6.45) is 6.02. The number of anilines is 1. The minimum Gasteiger partial charge on any atom is -0.382 e. The summed E-state index contributed by atoms with van der Waals surface area (Å²) in [6.45, 7) is 6.66. The van der Waals surface area contributed by atoms with E-state index < -0.39 is 0 Å². The van der Waals surface area contributed by atoms with Crippen LogP contribution in [0, 0.1) is 0 Å². The Kier molecular flexibility index (Phi) is 5.46. The van der Waals surface area contributed by atoms with Gasteiger partial charge in [0.15, 0.2) is 0 Å². The average Bonchev–Trinajstić information content (AvgIpc) is 3.26. The largest absolute Gasteiger partial charge is 0.382 e. The first-order valence-electron chi connectivity index (χ1n) is 12.5.